The van der Waals surface area contributed by atoms with Gasteiger partial charge in [0.15, 0.2) is 11.5 Å². The van der Waals surface area contributed by atoms with Gasteiger partial charge in [0.1, 0.15) is 0 Å². The van der Waals surface area contributed by atoms with Crippen LogP contribution in [0.15, 0.2) is 82.2 Å². The van der Waals surface area contributed by atoms with Crippen LogP contribution in [0.25, 0.3) is 16.5 Å². The highest BCUT2D eigenvalue weighted by Crippen LogP contribution is 2.18. The number of nitrogens with one attached hydrogen (secondary N) is 1. The summed E-state index contributed by atoms with van der Waals surface area (Å²) in [7, 11) is 0. The normalized spacial score (nSPS) is 14.4. The van der Waals surface area contributed by atoms with Gasteiger partial charge in [-0.25, -0.2) is 0 Å². The van der Waals surface area contributed by atoms with Crippen molar-refractivity contribution in [3.8, 4) is 5.69 Å². The van der Waals surface area contributed by atoms with Crippen molar-refractivity contribution in [1.82, 2.24) is 20.0 Å². The zero-order valence-electron chi connectivity index (χ0n) is 17.8. The summed E-state index contributed by atoms with van der Waals surface area (Å²) < 4.78 is 6.46. The molecule has 0 aliphatic carbocycles. The molecule has 1 fully saturated rings. The third-order valence-corrected chi connectivity index (χ3v) is 5.87. The van der Waals surface area contributed by atoms with Crippen molar-refractivity contribution in [2.45, 2.75) is 18.9 Å². The van der Waals surface area contributed by atoms with Gasteiger partial charge in [-0.15, -0.1) is 0 Å². The third kappa shape index (κ3) is 4.03. The predicted molar refractivity (Wildman–Crippen MR) is 122 cm³/mol. The first-order chi connectivity index (χ1) is 16.1. The van der Waals surface area contributed by atoms with E-state index in [9.17, 15) is 14.4 Å². The number of aromatic nitrogens is 2. The monoisotopic (exact) mass is 442 g/mol. The van der Waals surface area contributed by atoms with Gasteiger partial charge >= 0.3 is 0 Å². The lowest BCUT2D eigenvalue weighted by atomic mass is 10.0. The molecule has 2 aromatic carbocycles. The maximum Gasteiger partial charge on any atom is 0.289 e. The van der Waals surface area contributed by atoms with E-state index in [1.165, 1.54) is 10.9 Å². The van der Waals surface area contributed by atoms with Crippen LogP contribution in [0.1, 0.15) is 33.9 Å². The first kappa shape index (κ1) is 20.7. The zero-order chi connectivity index (χ0) is 22.8. The Morgan fingerprint density at radius 1 is 0.909 bits per heavy atom. The molecule has 0 spiro atoms. The Morgan fingerprint density at radius 3 is 2.30 bits per heavy atom. The van der Waals surface area contributed by atoms with Crippen LogP contribution in [0.2, 0.25) is 0 Å². The molecular weight excluding hydrogens is 420 g/mol. The first-order valence-electron chi connectivity index (χ1n) is 10.8. The molecule has 1 aliphatic rings. The Balaban J connectivity index is 1.37. The Labute approximate surface area is 189 Å². The minimum atomic E-state index is -0.341. The second-order valence-corrected chi connectivity index (χ2v) is 7.96. The number of nitrogens with zero attached hydrogens (tertiary/aromatic N) is 3. The third-order valence-electron chi connectivity index (χ3n) is 5.87. The number of hydrogen-bond acceptors (Lipinski definition) is 5. The van der Waals surface area contributed by atoms with Gasteiger partial charge in [-0.2, -0.15) is 9.78 Å². The number of piperidine rings is 1. The molecule has 1 aliphatic heterocycles. The van der Waals surface area contributed by atoms with Crippen molar-refractivity contribution < 1.29 is 14.0 Å². The van der Waals surface area contributed by atoms with Crippen LogP contribution in [0.4, 0.5) is 0 Å². The summed E-state index contributed by atoms with van der Waals surface area (Å²) in [6.45, 7) is 1.03. The van der Waals surface area contributed by atoms with E-state index in [4.69, 9.17) is 4.42 Å². The van der Waals surface area contributed by atoms with E-state index in [0.717, 1.165) is 0 Å². The van der Waals surface area contributed by atoms with Crippen LogP contribution in [-0.4, -0.2) is 45.6 Å². The van der Waals surface area contributed by atoms with Crippen molar-refractivity contribution >= 4 is 22.6 Å². The first-order valence-corrected chi connectivity index (χ1v) is 10.8. The lowest BCUT2D eigenvalue weighted by Crippen LogP contribution is -2.46. The minimum Gasteiger partial charge on any atom is -0.459 e. The lowest BCUT2D eigenvalue weighted by molar-refractivity contribution is 0.0667. The molecule has 4 aromatic rings. The van der Waals surface area contributed by atoms with Crippen LogP contribution < -0.4 is 10.9 Å². The number of para-hydroxylation sites is 1. The number of carbonyl (C=O) groups excluding carboxylic acids is 2. The maximum absolute atomic E-state index is 13.2. The highest BCUT2D eigenvalue weighted by atomic mass is 16.3. The second kappa shape index (κ2) is 8.74. The number of fused-ring (bicyclic) bond motifs is 1. The standard InChI is InChI=1S/C25H22N4O4/c30-23(26-17-12-14-28(15-13-17)25(32)21-11-6-16-33-21)22-19-9-4-5-10-20(19)24(31)29(27-22)18-7-2-1-3-8-18/h1-11,16-17H,12-15H2,(H,26,30). The van der Waals surface area contributed by atoms with E-state index in [0.29, 0.717) is 48.2 Å². The van der Waals surface area contributed by atoms with E-state index in [1.807, 2.05) is 18.2 Å². The predicted octanol–water partition coefficient (Wildman–Crippen LogP) is 3.01. The molecule has 8 nitrogen and oxygen atoms in total. The van der Waals surface area contributed by atoms with Crippen molar-refractivity contribution in [1.29, 1.82) is 0 Å². The Hall–Kier alpha value is -4.20. The van der Waals surface area contributed by atoms with E-state index >= 15 is 0 Å². The summed E-state index contributed by atoms with van der Waals surface area (Å²) in [6.07, 6.45) is 2.72. The van der Waals surface area contributed by atoms with Gasteiger partial charge in [0, 0.05) is 24.5 Å². The van der Waals surface area contributed by atoms with Gasteiger partial charge in [-0.3, -0.25) is 14.4 Å². The number of hydrogen-bond donors (Lipinski definition) is 1. The van der Waals surface area contributed by atoms with E-state index < -0.39 is 0 Å². The van der Waals surface area contributed by atoms with Crippen LogP contribution in [-0.2, 0) is 0 Å². The second-order valence-electron chi connectivity index (χ2n) is 7.96. The van der Waals surface area contributed by atoms with E-state index in [-0.39, 0.29) is 29.1 Å². The van der Waals surface area contributed by atoms with Crippen LogP contribution in [0, 0.1) is 0 Å². The molecular formula is C25H22N4O4. The number of carbonyl (C=O) groups is 2. The maximum atomic E-state index is 13.2. The quantitative estimate of drug-likeness (QED) is 0.524. The van der Waals surface area contributed by atoms with Crippen LogP contribution >= 0.6 is 0 Å². The fourth-order valence-electron chi connectivity index (χ4n) is 4.14. The smallest absolute Gasteiger partial charge is 0.289 e. The average molecular weight is 442 g/mol. The Kier molecular flexibility index (Phi) is 5.48. The summed E-state index contributed by atoms with van der Waals surface area (Å²) in [4.78, 5) is 40.4. The minimum absolute atomic E-state index is 0.101. The number of furan rings is 1. The van der Waals surface area contributed by atoms with Crippen molar-refractivity contribution in [2.24, 2.45) is 0 Å². The lowest BCUT2D eigenvalue weighted by Gasteiger charge is -2.31. The Morgan fingerprint density at radius 2 is 1.61 bits per heavy atom. The molecule has 166 valence electrons. The van der Waals surface area contributed by atoms with Crippen molar-refractivity contribution in [3.63, 3.8) is 0 Å². The molecule has 2 aromatic heterocycles. The summed E-state index contributed by atoms with van der Waals surface area (Å²) in [5.41, 5.74) is 0.508. The molecule has 0 bridgehead atoms. The molecule has 0 saturated carbocycles. The average Bonchev–Trinajstić information content (AvgIpc) is 3.40. The molecule has 5 rings (SSSR count). The van der Waals surface area contributed by atoms with Gasteiger partial charge < -0.3 is 14.6 Å². The van der Waals surface area contributed by atoms with Gasteiger partial charge in [0.05, 0.1) is 17.3 Å². The fraction of sp³-hybridized carbons (Fsp3) is 0.200. The zero-order valence-corrected chi connectivity index (χ0v) is 17.8. The van der Waals surface area contributed by atoms with Gasteiger partial charge in [-0.1, -0.05) is 36.4 Å². The van der Waals surface area contributed by atoms with E-state index in [2.05, 4.69) is 10.4 Å². The highest BCUT2D eigenvalue weighted by molar-refractivity contribution is 6.05. The summed E-state index contributed by atoms with van der Waals surface area (Å²) in [6, 6.07) is 19.3. The number of benzene rings is 2. The molecule has 2 amide bonds. The van der Waals surface area contributed by atoms with Crippen molar-refractivity contribution in [2.75, 3.05) is 13.1 Å². The highest BCUT2D eigenvalue weighted by Gasteiger charge is 2.27. The van der Waals surface area contributed by atoms with Gasteiger partial charge in [0.2, 0.25) is 0 Å². The SMILES string of the molecule is O=C(NC1CCN(C(=O)c2ccco2)CC1)c1nn(-c2ccccc2)c(=O)c2ccccc12. The summed E-state index contributed by atoms with van der Waals surface area (Å²) >= 11 is 0. The Bertz CT molecular complexity index is 1350. The molecule has 33 heavy (non-hydrogen) atoms. The molecule has 0 radical (unpaired) electrons. The summed E-state index contributed by atoms with van der Waals surface area (Å²) in [5, 5.41) is 8.41. The summed E-state index contributed by atoms with van der Waals surface area (Å²) in [5.74, 6) is -0.171. The number of amides is 2. The number of rotatable bonds is 4. The molecule has 3 heterocycles. The van der Waals surface area contributed by atoms with Crippen LogP contribution in [0.5, 0.6) is 0 Å². The molecule has 0 atom stereocenters. The number of likely N-dealkylation sites (tertiary alicyclic amines) is 1. The van der Waals surface area contributed by atoms with Crippen LogP contribution in [0.3, 0.4) is 0 Å². The molecule has 1 N–H and O–H groups in total. The molecule has 0 unspecified atom stereocenters. The van der Waals surface area contributed by atoms with E-state index in [1.54, 1.807) is 53.4 Å². The molecule has 8 heteroatoms. The molecule has 1 saturated heterocycles. The largest absolute Gasteiger partial charge is 0.459 e. The topological polar surface area (TPSA) is 97.4 Å². The van der Waals surface area contributed by atoms with Crippen molar-refractivity contribution in [3.05, 3.63) is 94.8 Å². The van der Waals surface area contributed by atoms with Gasteiger partial charge in [-0.05, 0) is 43.2 Å². The fourth-order valence-corrected chi connectivity index (χ4v) is 4.14. The van der Waals surface area contributed by atoms with Gasteiger partial charge in [0.25, 0.3) is 17.4 Å².